The Balaban J connectivity index is 0.000000237. The number of hydrogen-bond acceptors (Lipinski definition) is 1. The largest absolute Gasteiger partial charge is 0.324 e. The molecule has 3 saturated carbocycles. The summed E-state index contributed by atoms with van der Waals surface area (Å²) in [6.45, 7) is 16.9. The average molecular weight is 420 g/mol. The van der Waals surface area contributed by atoms with Gasteiger partial charge in [0.15, 0.2) is 0 Å². The van der Waals surface area contributed by atoms with E-state index in [0.29, 0.717) is 5.41 Å². The van der Waals surface area contributed by atoms with Crippen molar-refractivity contribution in [2.24, 2.45) is 23.0 Å². The molecule has 1 heteroatoms. The molecule has 0 amide bonds. The van der Waals surface area contributed by atoms with E-state index in [1.807, 2.05) is 19.9 Å². The minimum absolute atomic E-state index is 0.229. The normalized spacial score (nSPS) is 27.5. The van der Waals surface area contributed by atoms with Crippen molar-refractivity contribution in [2.45, 2.75) is 85.6 Å². The molecule has 2 bridgehead atoms. The summed E-state index contributed by atoms with van der Waals surface area (Å²) in [7, 11) is 0. The topological polar surface area (TPSA) is 26.0 Å². The zero-order valence-electron chi connectivity index (χ0n) is 20.9. The molecule has 5 rings (SSSR count). The minimum Gasteiger partial charge on any atom is -0.324 e. The first-order valence-electron chi connectivity index (χ1n) is 12.5. The Bertz CT molecular complexity index is 797. The molecule has 2 aromatic rings. The zero-order chi connectivity index (χ0) is 23.1. The summed E-state index contributed by atoms with van der Waals surface area (Å²) in [5.41, 5.74) is 12.3. The number of hydrogen-bond donors (Lipinski definition) is 1. The van der Waals surface area contributed by atoms with Crippen molar-refractivity contribution in [1.29, 1.82) is 0 Å². The third-order valence-corrected chi connectivity index (χ3v) is 8.03. The molecule has 170 valence electrons. The van der Waals surface area contributed by atoms with Crippen molar-refractivity contribution < 1.29 is 0 Å². The molecule has 2 aromatic carbocycles. The van der Waals surface area contributed by atoms with Gasteiger partial charge in [-0.3, -0.25) is 0 Å². The predicted molar refractivity (Wildman–Crippen MR) is 138 cm³/mol. The Morgan fingerprint density at radius 2 is 1.48 bits per heavy atom. The van der Waals surface area contributed by atoms with E-state index in [4.69, 9.17) is 5.73 Å². The standard InChI is InChI=1S/C19H22.C9H17N.C2H6/c1-3-5-6-17-9-13-19(14-10-17)15-18-11-7-16(4-2)8-12-18;1-4-9(10)7-5-8(9,3)6(7)2;1-2/h4,7-14H,2-3,5-6,15H2,1H3;6-7H,4-5,10H2,1-3H3;1-2H3/t;6?,7?,8-,9?;/m.0./s1. The summed E-state index contributed by atoms with van der Waals surface area (Å²) in [4.78, 5) is 0. The van der Waals surface area contributed by atoms with Crippen LogP contribution in [0.5, 0.6) is 0 Å². The van der Waals surface area contributed by atoms with Crippen LogP contribution in [0.25, 0.3) is 6.08 Å². The highest BCUT2D eigenvalue weighted by atomic mass is 15.0. The van der Waals surface area contributed by atoms with E-state index in [-0.39, 0.29) is 5.54 Å². The van der Waals surface area contributed by atoms with E-state index in [1.54, 1.807) is 0 Å². The molecule has 3 aliphatic rings. The van der Waals surface area contributed by atoms with Crippen LogP contribution in [0.1, 0.15) is 89.5 Å². The van der Waals surface area contributed by atoms with Crippen molar-refractivity contribution in [3.8, 4) is 0 Å². The smallest absolute Gasteiger partial charge is 0.0240 e. The van der Waals surface area contributed by atoms with Gasteiger partial charge in [0.1, 0.15) is 0 Å². The van der Waals surface area contributed by atoms with Crippen molar-refractivity contribution in [1.82, 2.24) is 0 Å². The molecule has 4 atom stereocenters. The lowest BCUT2D eigenvalue weighted by Gasteiger charge is -2.78. The number of rotatable bonds is 7. The molecule has 0 aromatic heterocycles. The molecular weight excluding hydrogens is 374 g/mol. The number of unbranched alkanes of at least 4 members (excludes halogenated alkanes) is 1. The maximum atomic E-state index is 6.22. The van der Waals surface area contributed by atoms with Gasteiger partial charge in [-0.2, -0.15) is 0 Å². The molecule has 3 fully saturated rings. The van der Waals surface area contributed by atoms with Gasteiger partial charge in [0.05, 0.1) is 0 Å². The van der Waals surface area contributed by atoms with E-state index in [1.165, 1.54) is 54.4 Å². The second kappa shape index (κ2) is 11.1. The van der Waals surface area contributed by atoms with Gasteiger partial charge in [-0.05, 0) is 71.6 Å². The third kappa shape index (κ3) is 5.14. The fraction of sp³-hybridized carbons (Fsp3) is 0.533. The SMILES string of the molecule is C=Cc1ccc(Cc2ccc(CCCC)cc2)cc1.CC.CCC1(N)C2C[C@@]1(C)C2C. The Kier molecular flexibility index (Phi) is 9.13. The summed E-state index contributed by atoms with van der Waals surface area (Å²) in [5.74, 6) is 1.75. The van der Waals surface area contributed by atoms with Gasteiger partial charge in [0.2, 0.25) is 0 Å². The second-order valence-electron chi connectivity index (χ2n) is 9.45. The van der Waals surface area contributed by atoms with E-state index < -0.39 is 0 Å². The summed E-state index contributed by atoms with van der Waals surface area (Å²) < 4.78 is 0. The van der Waals surface area contributed by atoms with Crippen LogP contribution in [0.4, 0.5) is 0 Å². The van der Waals surface area contributed by atoms with E-state index in [2.05, 4.69) is 82.8 Å². The van der Waals surface area contributed by atoms with Crippen LogP contribution >= 0.6 is 0 Å². The Hall–Kier alpha value is -1.86. The fourth-order valence-corrected chi connectivity index (χ4v) is 5.42. The van der Waals surface area contributed by atoms with E-state index in [0.717, 1.165) is 18.3 Å². The van der Waals surface area contributed by atoms with E-state index >= 15 is 0 Å². The van der Waals surface area contributed by atoms with Crippen LogP contribution in [0.3, 0.4) is 0 Å². The second-order valence-corrected chi connectivity index (χ2v) is 9.45. The van der Waals surface area contributed by atoms with Gasteiger partial charge < -0.3 is 5.73 Å². The predicted octanol–water partition coefficient (Wildman–Crippen LogP) is 8.06. The molecule has 0 spiro atoms. The summed E-state index contributed by atoms with van der Waals surface area (Å²) >= 11 is 0. The molecule has 1 nitrogen and oxygen atoms in total. The number of benzene rings is 2. The molecule has 3 aliphatic carbocycles. The molecule has 0 radical (unpaired) electrons. The Morgan fingerprint density at radius 1 is 0.968 bits per heavy atom. The minimum atomic E-state index is 0.229. The highest BCUT2D eigenvalue weighted by Crippen LogP contribution is 2.74. The van der Waals surface area contributed by atoms with Crippen molar-refractivity contribution in [3.05, 3.63) is 77.4 Å². The van der Waals surface area contributed by atoms with Crippen LogP contribution in [0.15, 0.2) is 55.1 Å². The van der Waals surface area contributed by atoms with Crippen molar-refractivity contribution >= 4 is 6.08 Å². The monoisotopic (exact) mass is 419 g/mol. The van der Waals surface area contributed by atoms with E-state index in [9.17, 15) is 0 Å². The summed E-state index contributed by atoms with van der Waals surface area (Å²) in [5, 5.41) is 0. The van der Waals surface area contributed by atoms with Crippen LogP contribution in [-0.4, -0.2) is 5.54 Å². The highest BCUT2D eigenvalue weighted by Gasteiger charge is 2.74. The molecular formula is C30H45N. The maximum Gasteiger partial charge on any atom is 0.0240 e. The van der Waals surface area contributed by atoms with Gasteiger partial charge in [-0.25, -0.2) is 0 Å². The third-order valence-electron chi connectivity index (χ3n) is 8.03. The lowest BCUT2D eigenvalue weighted by molar-refractivity contribution is -0.259. The van der Waals surface area contributed by atoms with Crippen LogP contribution in [0.2, 0.25) is 0 Å². The van der Waals surface area contributed by atoms with Gasteiger partial charge in [-0.15, -0.1) is 0 Å². The van der Waals surface area contributed by atoms with Gasteiger partial charge in [0, 0.05) is 5.54 Å². The number of nitrogens with two attached hydrogens (primary N) is 1. The van der Waals surface area contributed by atoms with Crippen LogP contribution in [-0.2, 0) is 12.8 Å². The molecule has 3 unspecified atom stereocenters. The molecule has 0 heterocycles. The average Bonchev–Trinajstić information content (AvgIpc) is 2.83. The Labute approximate surface area is 192 Å². The Morgan fingerprint density at radius 3 is 1.84 bits per heavy atom. The lowest BCUT2D eigenvalue weighted by Crippen LogP contribution is -2.83. The van der Waals surface area contributed by atoms with Gasteiger partial charge in [-0.1, -0.05) is 109 Å². The van der Waals surface area contributed by atoms with Crippen molar-refractivity contribution in [2.75, 3.05) is 0 Å². The first-order valence-corrected chi connectivity index (χ1v) is 12.5. The molecule has 0 saturated heterocycles. The first-order chi connectivity index (χ1) is 14.9. The molecule has 0 aliphatic heterocycles. The quantitative estimate of drug-likeness (QED) is 0.482. The van der Waals surface area contributed by atoms with Crippen molar-refractivity contribution in [3.63, 3.8) is 0 Å². The zero-order valence-corrected chi connectivity index (χ0v) is 20.9. The lowest BCUT2D eigenvalue weighted by atomic mass is 9.28. The fourth-order valence-electron chi connectivity index (χ4n) is 5.42. The maximum absolute atomic E-state index is 6.22. The summed E-state index contributed by atoms with van der Waals surface area (Å²) in [6.07, 6.45) is 9.18. The van der Waals surface area contributed by atoms with Gasteiger partial charge in [0.25, 0.3) is 0 Å². The van der Waals surface area contributed by atoms with Crippen LogP contribution < -0.4 is 5.73 Å². The van der Waals surface area contributed by atoms with Gasteiger partial charge >= 0.3 is 0 Å². The summed E-state index contributed by atoms with van der Waals surface area (Å²) in [6, 6.07) is 17.7. The molecule has 2 N–H and O–H groups in total. The van der Waals surface area contributed by atoms with Crippen LogP contribution in [0, 0.1) is 17.3 Å². The molecule has 31 heavy (non-hydrogen) atoms. The first kappa shape index (κ1) is 25.4. The number of aryl methyl sites for hydroxylation is 1. The highest BCUT2D eigenvalue weighted by molar-refractivity contribution is 5.47.